The molecule has 7 heteroatoms. The van der Waals surface area contributed by atoms with E-state index >= 15 is 0 Å². The highest BCUT2D eigenvalue weighted by molar-refractivity contribution is 8.00. The number of alkyl halides is 3. The van der Waals surface area contributed by atoms with Gasteiger partial charge >= 0.3 is 5.51 Å². The van der Waals surface area contributed by atoms with Gasteiger partial charge in [-0.25, -0.2) is 0 Å². The van der Waals surface area contributed by atoms with Crippen LogP contribution in [-0.2, 0) is 11.3 Å². The van der Waals surface area contributed by atoms with Crippen LogP contribution in [0.3, 0.4) is 0 Å². The molecule has 0 saturated heterocycles. The van der Waals surface area contributed by atoms with Crippen LogP contribution in [0, 0.1) is 0 Å². The minimum Gasteiger partial charge on any atom is -0.389 e. The summed E-state index contributed by atoms with van der Waals surface area (Å²) in [5.41, 5.74) is -3.19. The van der Waals surface area contributed by atoms with Crippen LogP contribution in [-0.4, -0.2) is 42.2 Å². The van der Waals surface area contributed by atoms with Gasteiger partial charge in [-0.1, -0.05) is 30.3 Å². The van der Waals surface area contributed by atoms with Crippen LogP contribution in [0.25, 0.3) is 0 Å². The third-order valence-electron chi connectivity index (χ3n) is 2.35. The maximum atomic E-state index is 11.8. The molecular formula is C13H18F3NO2S. The molecule has 1 rings (SSSR count). The fraction of sp³-hybridized carbons (Fsp3) is 0.538. The Balaban J connectivity index is 1.99. The molecule has 0 bridgehead atoms. The Morgan fingerprint density at radius 3 is 2.60 bits per heavy atom. The number of nitrogens with one attached hydrogen (secondary N) is 1. The van der Waals surface area contributed by atoms with Gasteiger partial charge in [0.05, 0.1) is 19.3 Å². The molecule has 0 aliphatic carbocycles. The summed E-state index contributed by atoms with van der Waals surface area (Å²) in [4.78, 5) is 0. The molecule has 0 saturated carbocycles. The van der Waals surface area contributed by atoms with E-state index in [1.54, 1.807) is 0 Å². The lowest BCUT2D eigenvalue weighted by molar-refractivity contribution is -0.0327. The Hall–Kier alpha value is -0.760. The van der Waals surface area contributed by atoms with Crippen LogP contribution in [0.4, 0.5) is 13.2 Å². The quantitative estimate of drug-likeness (QED) is 0.687. The second-order valence-electron chi connectivity index (χ2n) is 4.15. The van der Waals surface area contributed by atoms with Gasteiger partial charge in [0.25, 0.3) is 0 Å². The Morgan fingerprint density at radius 2 is 1.95 bits per heavy atom. The largest absolute Gasteiger partial charge is 0.441 e. The van der Waals surface area contributed by atoms with Crippen molar-refractivity contribution >= 4 is 11.8 Å². The number of halogens is 3. The van der Waals surface area contributed by atoms with Gasteiger partial charge in [0, 0.05) is 18.8 Å². The summed E-state index contributed by atoms with van der Waals surface area (Å²) in [6, 6.07) is 9.53. The zero-order valence-corrected chi connectivity index (χ0v) is 11.7. The standard InChI is InChI=1S/C13H18F3NO2S/c14-13(15,16)20-7-6-17-8-12(18)10-19-9-11-4-2-1-3-5-11/h1-5,12,17-18H,6-10H2. The van der Waals surface area contributed by atoms with Crippen molar-refractivity contribution in [2.75, 3.05) is 25.4 Å². The van der Waals surface area contributed by atoms with E-state index in [1.807, 2.05) is 30.3 Å². The predicted molar refractivity (Wildman–Crippen MR) is 73.5 cm³/mol. The average Bonchev–Trinajstić information content (AvgIpc) is 2.38. The van der Waals surface area contributed by atoms with Crippen LogP contribution in [0.5, 0.6) is 0 Å². The van der Waals surface area contributed by atoms with Crippen molar-refractivity contribution in [2.45, 2.75) is 18.2 Å². The Kier molecular flexibility index (Phi) is 7.98. The summed E-state index contributed by atoms with van der Waals surface area (Å²) in [7, 11) is 0. The summed E-state index contributed by atoms with van der Waals surface area (Å²) in [5.74, 6) is -0.0684. The number of hydrogen-bond donors (Lipinski definition) is 2. The van der Waals surface area contributed by atoms with Gasteiger partial charge in [-0.05, 0) is 17.3 Å². The molecule has 1 aromatic carbocycles. The lowest BCUT2D eigenvalue weighted by atomic mass is 10.2. The van der Waals surface area contributed by atoms with Crippen LogP contribution in [0.1, 0.15) is 5.56 Å². The molecule has 0 amide bonds. The number of aliphatic hydroxyl groups is 1. The Bertz CT molecular complexity index is 362. The summed E-state index contributed by atoms with van der Waals surface area (Å²) in [5, 5.41) is 12.3. The number of thioether (sulfide) groups is 1. The van der Waals surface area contributed by atoms with Crippen LogP contribution in [0.15, 0.2) is 30.3 Å². The fourth-order valence-corrected chi connectivity index (χ4v) is 1.93. The van der Waals surface area contributed by atoms with Gasteiger partial charge in [0.1, 0.15) is 0 Å². The number of rotatable bonds is 9. The fourth-order valence-electron chi connectivity index (χ4n) is 1.45. The van der Waals surface area contributed by atoms with E-state index in [0.29, 0.717) is 6.61 Å². The summed E-state index contributed by atoms with van der Waals surface area (Å²) in [6.07, 6.45) is -0.727. The third-order valence-corrected chi connectivity index (χ3v) is 3.08. The topological polar surface area (TPSA) is 41.5 Å². The molecule has 0 spiro atoms. The van der Waals surface area contributed by atoms with Crippen molar-refractivity contribution < 1.29 is 23.0 Å². The smallest absolute Gasteiger partial charge is 0.389 e. The van der Waals surface area contributed by atoms with Gasteiger partial charge in [-0.2, -0.15) is 13.2 Å². The first-order chi connectivity index (χ1) is 9.47. The minimum absolute atomic E-state index is 0.0684. The molecule has 0 aromatic heterocycles. The summed E-state index contributed by atoms with van der Waals surface area (Å²) < 4.78 is 40.8. The van der Waals surface area contributed by atoms with E-state index in [2.05, 4.69) is 5.32 Å². The highest BCUT2D eigenvalue weighted by Gasteiger charge is 2.27. The van der Waals surface area contributed by atoms with Crippen molar-refractivity contribution in [2.24, 2.45) is 0 Å². The van der Waals surface area contributed by atoms with Crippen LogP contribution >= 0.6 is 11.8 Å². The van der Waals surface area contributed by atoms with Gasteiger partial charge in [-0.3, -0.25) is 0 Å². The molecular weight excluding hydrogens is 291 g/mol. The van der Waals surface area contributed by atoms with E-state index < -0.39 is 11.6 Å². The molecule has 1 atom stereocenters. The van der Waals surface area contributed by atoms with Crippen molar-refractivity contribution in [3.05, 3.63) is 35.9 Å². The molecule has 20 heavy (non-hydrogen) atoms. The molecule has 1 unspecified atom stereocenters. The highest BCUT2D eigenvalue weighted by atomic mass is 32.2. The zero-order valence-electron chi connectivity index (χ0n) is 10.9. The number of benzene rings is 1. The number of ether oxygens (including phenoxy) is 1. The maximum Gasteiger partial charge on any atom is 0.441 e. The third kappa shape index (κ3) is 9.19. The zero-order chi connectivity index (χ0) is 14.8. The first kappa shape index (κ1) is 17.3. The van der Waals surface area contributed by atoms with E-state index in [1.165, 1.54) is 0 Å². The van der Waals surface area contributed by atoms with Gasteiger partial charge in [0.2, 0.25) is 0 Å². The van der Waals surface area contributed by atoms with Crippen molar-refractivity contribution in [3.63, 3.8) is 0 Å². The maximum absolute atomic E-state index is 11.8. The van der Waals surface area contributed by atoms with E-state index in [0.717, 1.165) is 5.56 Å². The number of aliphatic hydroxyl groups excluding tert-OH is 1. The Morgan fingerprint density at radius 1 is 1.25 bits per heavy atom. The van der Waals surface area contributed by atoms with Crippen molar-refractivity contribution in [1.29, 1.82) is 0 Å². The molecule has 0 aliphatic rings. The van der Waals surface area contributed by atoms with E-state index in [4.69, 9.17) is 4.74 Å². The molecule has 0 aliphatic heterocycles. The lowest BCUT2D eigenvalue weighted by Crippen LogP contribution is -2.32. The molecule has 1 aromatic rings. The van der Waals surface area contributed by atoms with Gasteiger partial charge in [0.15, 0.2) is 0 Å². The van der Waals surface area contributed by atoms with Gasteiger partial charge < -0.3 is 15.2 Å². The number of hydrogen-bond acceptors (Lipinski definition) is 4. The highest BCUT2D eigenvalue weighted by Crippen LogP contribution is 2.29. The summed E-state index contributed by atoms with van der Waals surface area (Å²) in [6.45, 7) is 0.962. The Labute approximate surface area is 120 Å². The van der Waals surface area contributed by atoms with Gasteiger partial charge in [-0.15, -0.1) is 0 Å². The van der Waals surface area contributed by atoms with E-state index in [9.17, 15) is 18.3 Å². The molecule has 0 fully saturated rings. The minimum atomic E-state index is -4.20. The molecule has 0 radical (unpaired) electrons. The molecule has 114 valence electrons. The average molecular weight is 309 g/mol. The normalized spacial score (nSPS) is 13.4. The first-order valence-corrected chi connectivity index (χ1v) is 7.17. The van der Waals surface area contributed by atoms with Crippen molar-refractivity contribution in [1.82, 2.24) is 5.32 Å². The molecule has 2 N–H and O–H groups in total. The van der Waals surface area contributed by atoms with Crippen LogP contribution in [0.2, 0.25) is 0 Å². The predicted octanol–water partition coefficient (Wildman–Crippen LogP) is 2.41. The van der Waals surface area contributed by atoms with Crippen LogP contribution < -0.4 is 5.32 Å². The summed E-state index contributed by atoms with van der Waals surface area (Å²) >= 11 is -0.0750. The lowest BCUT2D eigenvalue weighted by Gasteiger charge is -2.12. The van der Waals surface area contributed by atoms with Crippen molar-refractivity contribution in [3.8, 4) is 0 Å². The van der Waals surface area contributed by atoms with E-state index in [-0.39, 0.29) is 37.2 Å². The SMILES string of the molecule is OC(CNCCSC(F)(F)F)COCc1ccccc1. The second-order valence-corrected chi connectivity index (χ2v) is 5.31. The monoisotopic (exact) mass is 309 g/mol. The molecule has 3 nitrogen and oxygen atoms in total. The molecule has 0 heterocycles. The second kappa shape index (κ2) is 9.23. The first-order valence-electron chi connectivity index (χ1n) is 6.18.